The van der Waals surface area contributed by atoms with Crippen LogP contribution >= 0.6 is 0 Å². The van der Waals surface area contributed by atoms with Crippen LogP contribution in [0.1, 0.15) is 74.1 Å². The minimum Gasteiger partial charge on any atom is -0.290 e. The summed E-state index contributed by atoms with van der Waals surface area (Å²) in [5.74, 6) is 0.701. The zero-order valence-electron chi connectivity index (χ0n) is 13.9. The second-order valence-electron chi connectivity index (χ2n) is 8.29. The van der Waals surface area contributed by atoms with Crippen molar-refractivity contribution in [2.45, 2.75) is 57.7 Å². The first-order chi connectivity index (χ1) is 11.5. The summed E-state index contributed by atoms with van der Waals surface area (Å²) in [4.78, 5) is 17.0. The van der Waals surface area contributed by atoms with Crippen LogP contribution in [-0.4, -0.2) is 20.5 Å². The number of Topliss-reactive ketones (excluding diaryl/α,β-unsaturated/α-hetero) is 1. The van der Waals surface area contributed by atoms with E-state index in [0.29, 0.717) is 12.2 Å². The van der Waals surface area contributed by atoms with Crippen LogP contribution in [-0.2, 0) is 0 Å². The Kier molecular flexibility index (Phi) is 2.82. The van der Waals surface area contributed by atoms with Crippen LogP contribution in [0.15, 0.2) is 24.3 Å². The lowest BCUT2D eigenvalue weighted by molar-refractivity contribution is 0.0913. The van der Waals surface area contributed by atoms with Crippen LogP contribution in [0.3, 0.4) is 0 Å². The SMILES string of the molecule is CC1([C@@H]2C[C@H](F)c3nc(C(=O)C4CC45CCC5)nn32)C=CC=CC1. The van der Waals surface area contributed by atoms with Gasteiger partial charge in [0.05, 0.1) is 6.04 Å². The van der Waals surface area contributed by atoms with E-state index in [1.165, 1.54) is 6.42 Å². The first-order valence-corrected chi connectivity index (χ1v) is 9.02. The van der Waals surface area contributed by atoms with E-state index < -0.39 is 6.17 Å². The maximum absolute atomic E-state index is 14.5. The van der Waals surface area contributed by atoms with E-state index in [9.17, 15) is 9.18 Å². The number of carbonyl (C=O) groups is 1. The molecule has 0 saturated heterocycles. The Labute approximate surface area is 140 Å². The van der Waals surface area contributed by atoms with Crippen molar-refractivity contribution in [3.63, 3.8) is 0 Å². The number of alkyl halides is 1. The topological polar surface area (TPSA) is 47.8 Å². The van der Waals surface area contributed by atoms with Gasteiger partial charge in [-0.15, -0.1) is 5.10 Å². The molecule has 0 amide bonds. The number of nitrogens with zero attached hydrogens (tertiary/aromatic N) is 3. The summed E-state index contributed by atoms with van der Waals surface area (Å²) in [5.41, 5.74) is 0.0807. The number of halogens is 1. The Hall–Kier alpha value is -1.78. The highest BCUT2D eigenvalue weighted by molar-refractivity contribution is 5.97. The average molecular weight is 327 g/mol. The highest BCUT2D eigenvalue weighted by atomic mass is 19.1. The Morgan fingerprint density at radius 1 is 1.38 bits per heavy atom. The van der Waals surface area contributed by atoms with Gasteiger partial charge in [-0.2, -0.15) is 0 Å². The molecule has 1 aliphatic heterocycles. The first kappa shape index (κ1) is 14.6. The molecule has 2 heterocycles. The third-order valence-electron chi connectivity index (χ3n) is 6.78. The Morgan fingerprint density at radius 2 is 2.21 bits per heavy atom. The molecule has 126 valence electrons. The molecule has 0 N–H and O–H groups in total. The minimum atomic E-state index is -1.13. The van der Waals surface area contributed by atoms with Gasteiger partial charge < -0.3 is 0 Å². The van der Waals surface area contributed by atoms with Crippen molar-refractivity contribution in [3.8, 4) is 0 Å². The van der Waals surface area contributed by atoms with Crippen molar-refractivity contribution >= 4 is 5.78 Å². The van der Waals surface area contributed by atoms with Crippen molar-refractivity contribution < 1.29 is 9.18 Å². The van der Waals surface area contributed by atoms with Gasteiger partial charge in [-0.1, -0.05) is 37.6 Å². The summed E-state index contributed by atoms with van der Waals surface area (Å²) in [6.45, 7) is 2.13. The van der Waals surface area contributed by atoms with Crippen LogP contribution in [0.2, 0.25) is 0 Å². The molecule has 2 saturated carbocycles. The van der Waals surface area contributed by atoms with Crippen molar-refractivity contribution in [2.24, 2.45) is 16.7 Å². The van der Waals surface area contributed by atoms with Gasteiger partial charge in [0.1, 0.15) is 0 Å². The maximum atomic E-state index is 14.5. The van der Waals surface area contributed by atoms with Crippen LogP contribution in [0.4, 0.5) is 4.39 Å². The fraction of sp³-hybridized carbons (Fsp3) is 0.632. The summed E-state index contributed by atoms with van der Waals surface area (Å²) in [6.07, 6.45) is 12.9. The lowest BCUT2D eigenvalue weighted by Gasteiger charge is -2.33. The molecule has 2 unspecified atom stereocenters. The molecule has 4 atom stereocenters. The summed E-state index contributed by atoms with van der Waals surface area (Å²) < 4.78 is 16.2. The summed E-state index contributed by atoms with van der Waals surface area (Å²) in [5, 5.41) is 4.49. The molecule has 1 spiro atoms. The Morgan fingerprint density at radius 3 is 2.83 bits per heavy atom. The molecular formula is C19H22FN3O. The van der Waals surface area contributed by atoms with Crippen molar-refractivity contribution in [2.75, 3.05) is 0 Å². The van der Waals surface area contributed by atoms with E-state index in [1.54, 1.807) is 4.68 Å². The largest absolute Gasteiger partial charge is 0.290 e. The molecular weight excluding hydrogens is 305 g/mol. The zero-order chi connectivity index (χ0) is 16.5. The van der Waals surface area contributed by atoms with Crippen LogP contribution in [0.5, 0.6) is 0 Å². The number of fused-ring (bicyclic) bond motifs is 1. The highest BCUT2D eigenvalue weighted by Gasteiger charge is 2.61. The average Bonchev–Trinajstić information content (AvgIpc) is 3.05. The van der Waals surface area contributed by atoms with Gasteiger partial charge in [-0.05, 0) is 31.1 Å². The fourth-order valence-corrected chi connectivity index (χ4v) is 4.88. The van der Waals surface area contributed by atoms with Gasteiger partial charge in [0.25, 0.3) is 0 Å². The van der Waals surface area contributed by atoms with Gasteiger partial charge in [-0.25, -0.2) is 14.1 Å². The molecule has 1 aromatic heterocycles. The van der Waals surface area contributed by atoms with Crippen LogP contribution < -0.4 is 0 Å². The molecule has 0 radical (unpaired) electrons. The number of ketones is 1. The standard InChI is InChI=1S/C19H22FN3O/c1-18(6-3-2-4-7-18)14-10-13(20)17-21-16(22-23(14)17)15(24)12-11-19(12)8-5-9-19/h2-4,6,12-14H,5,7-11H2,1H3/t12?,13-,14-,18?/m0/s1. The van der Waals surface area contributed by atoms with E-state index in [2.05, 4.69) is 29.2 Å². The smallest absolute Gasteiger partial charge is 0.217 e. The summed E-state index contributed by atoms with van der Waals surface area (Å²) in [6, 6.07) is -0.0744. The lowest BCUT2D eigenvalue weighted by atomic mass is 9.76. The zero-order valence-corrected chi connectivity index (χ0v) is 13.9. The minimum absolute atomic E-state index is 0.0341. The van der Waals surface area contributed by atoms with E-state index in [0.717, 1.165) is 25.7 Å². The predicted molar refractivity (Wildman–Crippen MR) is 87.3 cm³/mol. The number of aromatic nitrogens is 3. The second-order valence-corrected chi connectivity index (χ2v) is 8.29. The third-order valence-corrected chi connectivity index (χ3v) is 6.78. The van der Waals surface area contributed by atoms with Gasteiger partial charge in [0, 0.05) is 17.8 Å². The molecule has 4 nitrogen and oxygen atoms in total. The van der Waals surface area contributed by atoms with Crippen molar-refractivity contribution in [1.82, 2.24) is 14.8 Å². The molecule has 2 fully saturated rings. The number of hydrogen-bond acceptors (Lipinski definition) is 3. The van der Waals surface area contributed by atoms with Gasteiger partial charge in [0.15, 0.2) is 12.0 Å². The highest BCUT2D eigenvalue weighted by Crippen LogP contribution is 2.66. The van der Waals surface area contributed by atoms with E-state index in [-0.39, 0.29) is 34.4 Å². The van der Waals surface area contributed by atoms with E-state index in [4.69, 9.17) is 0 Å². The fourth-order valence-electron chi connectivity index (χ4n) is 4.88. The maximum Gasteiger partial charge on any atom is 0.217 e. The number of hydrogen-bond donors (Lipinski definition) is 0. The molecule has 24 heavy (non-hydrogen) atoms. The Balaban J connectivity index is 1.45. The van der Waals surface area contributed by atoms with E-state index in [1.807, 2.05) is 12.2 Å². The number of carbonyl (C=O) groups excluding carboxylic acids is 1. The molecule has 1 aromatic rings. The van der Waals surface area contributed by atoms with Gasteiger partial charge in [-0.3, -0.25) is 4.79 Å². The number of allylic oxidation sites excluding steroid dienone is 4. The van der Waals surface area contributed by atoms with E-state index >= 15 is 0 Å². The first-order valence-electron chi connectivity index (χ1n) is 9.02. The predicted octanol–water partition coefficient (Wildman–Crippen LogP) is 4.13. The number of rotatable bonds is 3. The molecule has 3 aliphatic carbocycles. The quantitative estimate of drug-likeness (QED) is 0.784. The van der Waals surface area contributed by atoms with Gasteiger partial charge in [0.2, 0.25) is 11.6 Å². The molecule has 5 rings (SSSR count). The Bertz CT molecular complexity index is 776. The molecule has 4 aliphatic rings. The lowest BCUT2D eigenvalue weighted by Crippen LogP contribution is -2.27. The monoisotopic (exact) mass is 327 g/mol. The van der Waals surface area contributed by atoms with Crippen molar-refractivity contribution in [3.05, 3.63) is 36.0 Å². The van der Waals surface area contributed by atoms with Crippen LogP contribution in [0.25, 0.3) is 0 Å². The normalized spacial score (nSPS) is 38.2. The van der Waals surface area contributed by atoms with Crippen molar-refractivity contribution in [1.29, 1.82) is 0 Å². The molecule has 5 heteroatoms. The second kappa shape index (κ2) is 4.64. The third kappa shape index (κ3) is 1.87. The summed E-state index contributed by atoms with van der Waals surface area (Å²) >= 11 is 0. The van der Waals surface area contributed by atoms with Crippen LogP contribution in [0, 0.1) is 16.7 Å². The molecule has 0 bridgehead atoms. The van der Waals surface area contributed by atoms with Gasteiger partial charge >= 0.3 is 0 Å². The summed E-state index contributed by atoms with van der Waals surface area (Å²) in [7, 11) is 0. The molecule has 0 aromatic carbocycles.